The number of carbonyl (C=O) groups excluding carboxylic acids is 1. The molecule has 5 heteroatoms. The van der Waals surface area contributed by atoms with Crippen molar-refractivity contribution in [3.8, 4) is 0 Å². The molecule has 1 aromatic rings. The second-order valence-corrected chi connectivity index (χ2v) is 5.22. The average Bonchev–Trinajstić information content (AvgIpc) is 2.51. The van der Waals surface area contributed by atoms with E-state index in [1.165, 1.54) is 6.08 Å². The highest BCUT2D eigenvalue weighted by Crippen LogP contribution is 2.20. The number of hydrogen-bond donors (Lipinski definition) is 2. The predicted octanol–water partition coefficient (Wildman–Crippen LogP) is 2.41. The van der Waals surface area contributed by atoms with Crippen LogP contribution in [0.25, 0.3) is 6.08 Å². The van der Waals surface area contributed by atoms with E-state index in [0.717, 1.165) is 5.56 Å². The molecule has 0 unspecified atom stereocenters. The van der Waals surface area contributed by atoms with Crippen LogP contribution in [0.5, 0.6) is 0 Å². The van der Waals surface area contributed by atoms with Crippen LogP contribution in [0.15, 0.2) is 61.3 Å². The molecule has 2 atom stereocenters. The van der Waals surface area contributed by atoms with Crippen molar-refractivity contribution in [2.24, 2.45) is 5.92 Å². The van der Waals surface area contributed by atoms with Crippen LogP contribution in [-0.2, 0) is 9.53 Å². The molecular formula is C17H18N2O2S. The summed E-state index contributed by atoms with van der Waals surface area (Å²) in [6.07, 6.45) is 5.37. The quantitative estimate of drug-likeness (QED) is 0.496. The number of thiocarbonyl (C=S) groups is 1. The first-order chi connectivity index (χ1) is 10.6. The van der Waals surface area contributed by atoms with E-state index in [-0.39, 0.29) is 18.6 Å². The smallest absolute Gasteiger partial charge is 0.317 e. The molecule has 4 nitrogen and oxygen atoms in total. The molecule has 1 saturated heterocycles. The van der Waals surface area contributed by atoms with Gasteiger partial charge in [-0.1, -0.05) is 61.7 Å². The van der Waals surface area contributed by atoms with Gasteiger partial charge >= 0.3 is 5.97 Å². The number of esters is 1. The van der Waals surface area contributed by atoms with Gasteiger partial charge in [0.15, 0.2) is 5.11 Å². The molecule has 1 fully saturated rings. The fourth-order valence-electron chi connectivity index (χ4n) is 2.17. The third-order valence-corrected chi connectivity index (χ3v) is 3.42. The Kier molecular flexibility index (Phi) is 5.49. The Morgan fingerprint density at radius 3 is 2.77 bits per heavy atom. The van der Waals surface area contributed by atoms with Crippen molar-refractivity contribution in [3.63, 3.8) is 0 Å². The number of nitrogens with one attached hydrogen (secondary N) is 2. The zero-order valence-electron chi connectivity index (χ0n) is 12.1. The van der Waals surface area contributed by atoms with Crippen LogP contribution in [0.1, 0.15) is 5.56 Å². The van der Waals surface area contributed by atoms with E-state index >= 15 is 0 Å². The third kappa shape index (κ3) is 4.05. The van der Waals surface area contributed by atoms with E-state index in [1.807, 2.05) is 42.5 Å². The molecule has 2 N–H and O–H groups in total. The Morgan fingerprint density at radius 1 is 1.36 bits per heavy atom. The summed E-state index contributed by atoms with van der Waals surface area (Å²) in [5, 5.41) is 6.40. The lowest BCUT2D eigenvalue weighted by Crippen LogP contribution is -2.54. The Balaban J connectivity index is 2.17. The Hall–Kier alpha value is -2.40. The van der Waals surface area contributed by atoms with E-state index in [9.17, 15) is 4.79 Å². The summed E-state index contributed by atoms with van der Waals surface area (Å²) in [7, 11) is 0. The third-order valence-electron chi connectivity index (χ3n) is 3.20. The van der Waals surface area contributed by atoms with E-state index in [0.29, 0.717) is 10.8 Å². The van der Waals surface area contributed by atoms with Gasteiger partial charge in [-0.25, -0.2) is 0 Å². The number of benzene rings is 1. The molecule has 22 heavy (non-hydrogen) atoms. The number of hydrogen-bond acceptors (Lipinski definition) is 3. The van der Waals surface area contributed by atoms with Crippen molar-refractivity contribution in [2.75, 3.05) is 6.61 Å². The maximum atomic E-state index is 12.2. The Labute approximate surface area is 135 Å². The van der Waals surface area contributed by atoms with Gasteiger partial charge in [-0.05, 0) is 17.8 Å². The minimum atomic E-state index is -0.549. The highest BCUT2D eigenvalue weighted by Gasteiger charge is 2.35. The summed E-state index contributed by atoms with van der Waals surface area (Å²) in [6, 6.07) is 9.51. The fourth-order valence-corrected chi connectivity index (χ4v) is 2.44. The second-order valence-electron chi connectivity index (χ2n) is 4.82. The Bertz CT molecular complexity index is 610. The lowest BCUT2D eigenvalue weighted by Gasteiger charge is -2.32. The van der Waals surface area contributed by atoms with Crippen LogP contribution < -0.4 is 10.6 Å². The van der Waals surface area contributed by atoms with Gasteiger partial charge in [-0.2, -0.15) is 0 Å². The van der Waals surface area contributed by atoms with Gasteiger partial charge in [0, 0.05) is 5.70 Å². The summed E-state index contributed by atoms with van der Waals surface area (Å²) < 4.78 is 5.14. The van der Waals surface area contributed by atoms with Gasteiger partial charge in [0.1, 0.15) is 12.5 Å². The SMILES string of the molecule is C=CCOC(=O)[C@@H]1C(=C)NC(=S)N[C@H]1/C=C\c1ccccc1. The topological polar surface area (TPSA) is 50.4 Å². The van der Waals surface area contributed by atoms with Gasteiger partial charge in [0.2, 0.25) is 0 Å². The Morgan fingerprint density at radius 2 is 2.09 bits per heavy atom. The molecule has 114 valence electrons. The minimum Gasteiger partial charge on any atom is -0.461 e. The lowest BCUT2D eigenvalue weighted by atomic mass is 9.94. The maximum absolute atomic E-state index is 12.2. The summed E-state index contributed by atoms with van der Waals surface area (Å²) >= 11 is 5.13. The first-order valence-electron chi connectivity index (χ1n) is 6.89. The van der Waals surface area contributed by atoms with E-state index in [4.69, 9.17) is 17.0 Å². The molecule has 0 bridgehead atoms. The molecule has 1 aliphatic rings. The highest BCUT2D eigenvalue weighted by atomic mass is 32.1. The zero-order chi connectivity index (χ0) is 15.9. The maximum Gasteiger partial charge on any atom is 0.317 e. The van der Waals surface area contributed by atoms with Crippen molar-refractivity contribution in [1.29, 1.82) is 0 Å². The van der Waals surface area contributed by atoms with Crippen LogP contribution in [0.2, 0.25) is 0 Å². The molecule has 0 radical (unpaired) electrons. The average molecular weight is 314 g/mol. The standard InChI is InChI=1S/C17H18N2O2S/c1-3-11-21-16(20)15-12(2)18-17(22)19-14(15)10-9-13-7-5-4-6-8-13/h3-10,14-15H,1-2,11H2,(H2,18,19,22)/b10-9-/t14-,15+/m0/s1. The van der Waals surface area contributed by atoms with Crippen LogP contribution in [0, 0.1) is 5.92 Å². The summed E-state index contributed by atoms with van der Waals surface area (Å²) in [5.41, 5.74) is 1.57. The number of rotatable bonds is 5. The predicted molar refractivity (Wildman–Crippen MR) is 91.9 cm³/mol. The van der Waals surface area contributed by atoms with Crippen LogP contribution >= 0.6 is 12.2 Å². The van der Waals surface area contributed by atoms with Gasteiger partial charge < -0.3 is 15.4 Å². The zero-order valence-corrected chi connectivity index (χ0v) is 12.9. The van der Waals surface area contributed by atoms with Crippen molar-refractivity contribution in [3.05, 3.63) is 66.9 Å². The number of carbonyl (C=O) groups is 1. The van der Waals surface area contributed by atoms with Gasteiger partial charge in [-0.15, -0.1) is 0 Å². The van der Waals surface area contributed by atoms with Crippen molar-refractivity contribution in [2.45, 2.75) is 6.04 Å². The second kappa shape index (κ2) is 7.56. The molecule has 1 aliphatic heterocycles. The molecule has 2 rings (SSSR count). The van der Waals surface area contributed by atoms with Crippen molar-refractivity contribution >= 4 is 29.4 Å². The molecule has 1 aromatic carbocycles. The summed E-state index contributed by atoms with van der Waals surface area (Å²) in [6.45, 7) is 7.59. The first-order valence-corrected chi connectivity index (χ1v) is 7.29. The van der Waals surface area contributed by atoms with E-state index in [2.05, 4.69) is 23.8 Å². The van der Waals surface area contributed by atoms with Gasteiger partial charge in [0.05, 0.1) is 6.04 Å². The molecule has 0 aromatic heterocycles. The monoisotopic (exact) mass is 314 g/mol. The van der Waals surface area contributed by atoms with E-state index in [1.54, 1.807) is 0 Å². The van der Waals surface area contributed by atoms with E-state index < -0.39 is 5.92 Å². The number of ether oxygens (including phenoxy) is 1. The summed E-state index contributed by atoms with van der Waals surface area (Å²) in [5.74, 6) is -0.915. The van der Waals surface area contributed by atoms with Crippen LogP contribution in [0.3, 0.4) is 0 Å². The molecule has 1 heterocycles. The lowest BCUT2D eigenvalue weighted by molar-refractivity contribution is -0.146. The molecular weight excluding hydrogens is 296 g/mol. The minimum absolute atomic E-state index is 0.169. The highest BCUT2D eigenvalue weighted by molar-refractivity contribution is 7.80. The van der Waals surface area contributed by atoms with Gasteiger partial charge in [0.25, 0.3) is 0 Å². The summed E-state index contributed by atoms with van der Waals surface area (Å²) in [4.78, 5) is 12.2. The van der Waals surface area contributed by atoms with Crippen molar-refractivity contribution in [1.82, 2.24) is 10.6 Å². The molecule has 0 aliphatic carbocycles. The first kappa shape index (κ1) is 16.0. The molecule has 0 spiro atoms. The normalized spacial score (nSPS) is 21.1. The fraction of sp³-hybridized carbons (Fsp3) is 0.176. The van der Waals surface area contributed by atoms with Gasteiger partial charge in [-0.3, -0.25) is 4.79 Å². The molecule has 0 amide bonds. The largest absolute Gasteiger partial charge is 0.461 e. The van der Waals surface area contributed by atoms with Crippen molar-refractivity contribution < 1.29 is 9.53 Å². The molecule has 0 saturated carbocycles. The van der Waals surface area contributed by atoms with Crippen LogP contribution in [0.4, 0.5) is 0 Å². The van der Waals surface area contributed by atoms with Crippen LogP contribution in [-0.4, -0.2) is 23.7 Å².